The summed E-state index contributed by atoms with van der Waals surface area (Å²) in [4.78, 5) is 13.7. The van der Waals surface area contributed by atoms with Gasteiger partial charge in [0, 0.05) is 20.1 Å². The van der Waals surface area contributed by atoms with E-state index < -0.39 is 12.7 Å². The Labute approximate surface area is 133 Å². The lowest BCUT2D eigenvalue weighted by Crippen LogP contribution is -2.41. The molecule has 0 spiro atoms. The summed E-state index contributed by atoms with van der Waals surface area (Å²) >= 11 is 0. The van der Waals surface area contributed by atoms with Gasteiger partial charge in [-0.2, -0.15) is 8.78 Å². The van der Waals surface area contributed by atoms with Crippen molar-refractivity contribution in [1.29, 1.82) is 0 Å². The Morgan fingerprint density at radius 3 is 2.59 bits per heavy atom. The molecule has 2 unspecified atom stereocenters. The lowest BCUT2D eigenvalue weighted by molar-refractivity contribution is -0.132. The summed E-state index contributed by atoms with van der Waals surface area (Å²) in [5.74, 6) is -0.0113. The molecule has 5 nitrogen and oxygen atoms in total. The summed E-state index contributed by atoms with van der Waals surface area (Å²) in [5.41, 5.74) is 0.811. The quantitative estimate of drug-likeness (QED) is 0.853. The first kappa shape index (κ1) is 18.6. The van der Waals surface area contributed by atoms with E-state index in [0.717, 1.165) is 5.56 Å². The van der Waals surface area contributed by atoms with E-state index in [1.54, 1.807) is 24.1 Å². The zero-order valence-corrected chi connectivity index (χ0v) is 12.9. The van der Waals surface area contributed by atoms with E-state index in [-0.39, 0.29) is 30.1 Å². The Balaban J connectivity index is 0.00000242. The number of β-amino-alcohol motifs (C(OH)–C–C–N with tert-alkyl or cyclic N) is 1. The number of amides is 1. The Kier molecular flexibility index (Phi) is 6.99. The van der Waals surface area contributed by atoms with Crippen molar-refractivity contribution in [2.75, 3.05) is 13.6 Å². The van der Waals surface area contributed by atoms with Crippen LogP contribution in [0, 0.1) is 0 Å². The summed E-state index contributed by atoms with van der Waals surface area (Å²) in [5, 5.41) is 12.4. The van der Waals surface area contributed by atoms with Crippen LogP contribution in [0.2, 0.25) is 0 Å². The number of nitrogens with zero attached hydrogens (tertiary/aromatic N) is 1. The van der Waals surface area contributed by atoms with Crippen LogP contribution in [0.15, 0.2) is 24.3 Å². The molecule has 2 rings (SSSR count). The maximum Gasteiger partial charge on any atom is 0.387 e. The number of ether oxygens (including phenoxy) is 1. The number of benzene rings is 1. The topological polar surface area (TPSA) is 61.8 Å². The van der Waals surface area contributed by atoms with Gasteiger partial charge in [-0.25, -0.2) is 0 Å². The molecule has 1 aromatic rings. The summed E-state index contributed by atoms with van der Waals surface area (Å²) in [6.45, 7) is -2.06. The van der Waals surface area contributed by atoms with Crippen molar-refractivity contribution < 1.29 is 23.4 Å². The molecule has 1 aliphatic rings. The van der Waals surface area contributed by atoms with Crippen LogP contribution in [0.5, 0.6) is 5.75 Å². The first-order valence-electron chi connectivity index (χ1n) is 6.66. The van der Waals surface area contributed by atoms with Crippen LogP contribution in [-0.4, -0.2) is 48.3 Å². The fraction of sp³-hybridized carbons (Fsp3) is 0.500. The van der Waals surface area contributed by atoms with E-state index >= 15 is 0 Å². The normalized spacial score (nSPS) is 20.6. The number of aliphatic hydroxyl groups excluding tert-OH is 1. The van der Waals surface area contributed by atoms with Gasteiger partial charge in [-0.05, 0) is 24.1 Å². The number of carbonyl (C=O) groups is 1. The van der Waals surface area contributed by atoms with E-state index in [4.69, 9.17) is 0 Å². The fourth-order valence-corrected chi connectivity index (χ4v) is 2.30. The molecule has 1 saturated heterocycles. The maximum atomic E-state index is 12.1. The molecule has 22 heavy (non-hydrogen) atoms. The lowest BCUT2D eigenvalue weighted by atomic mass is 10.1. The van der Waals surface area contributed by atoms with Crippen molar-refractivity contribution in [2.45, 2.75) is 31.7 Å². The van der Waals surface area contributed by atoms with Gasteiger partial charge in [0.05, 0.1) is 12.1 Å². The highest BCUT2D eigenvalue weighted by atomic mass is 35.5. The summed E-state index contributed by atoms with van der Waals surface area (Å²) < 4.78 is 28.3. The second-order valence-corrected chi connectivity index (χ2v) is 5.07. The average molecular weight is 337 g/mol. The average Bonchev–Trinajstić information content (AvgIpc) is 2.86. The van der Waals surface area contributed by atoms with Crippen molar-refractivity contribution in [3.05, 3.63) is 29.8 Å². The van der Waals surface area contributed by atoms with Crippen molar-refractivity contribution in [2.24, 2.45) is 0 Å². The Hall–Kier alpha value is -1.44. The molecule has 1 aliphatic heterocycles. The van der Waals surface area contributed by atoms with E-state index in [1.165, 1.54) is 12.1 Å². The molecule has 0 aromatic heterocycles. The standard InChI is InChI=1S/C14H18F2N2O3.ClH/c1-18(13(20)12-6-10(19)7-17-12)8-9-2-4-11(5-3-9)21-14(15)16;/h2-5,10,12,14,17,19H,6-8H2,1H3;1H. The Bertz CT molecular complexity index is 487. The van der Waals surface area contributed by atoms with Gasteiger partial charge in [-0.15, -0.1) is 12.4 Å². The van der Waals surface area contributed by atoms with Crippen molar-refractivity contribution in [3.8, 4) is 5.75 Å². The van der Waals surface area contributed by atoms with Gasteiger partial charge >= 0.3 is 6.61 Å². The third-order valence-corrected chi connectivity index (χ3v) is 3.35. The van der Waals surface area contributed by atoms with Crippen LogP contribution < -0.4 is 10.1 Å². The lowest BCUT2D eigenvalue weighted by Gasteiger charge is -2.21. The maximum absolute atomic E-state index is 12.1. The number of carbonyl (C=O) groups excluding carboxylic acids is 1. The SMILES string of the molecule is CN(Cc1ccc(OC(F)F)cc1)C(=O)C1CC(O)CN1.Cl. The first-order chi connectivity index (χ1) is 9.95. The second kappa shape index (κ2) is 8.26. The molecule has 2 atom stereocenters. The summed E-state index contributed by atoms with van der Waals surface area (Å²) in [7, 11) is 1.66. The van der Waals surface area contributed by atoms with Crippen LogP contribution in [0.3, 0.4) is 0 Å². The molecule has 1 heterocycles. The number of aliphatic hydroxyl groups is 1. The van der Waals surface area contributed by atoms with Gasteiger partial charge in [-0.3, -0.25) is 4.79 Å². The van der Waals surface area contributed by atoms with Gasteiger partial charge < -0.3 is 20.1 Å². The molecule has 8 heteroatoms. The number of rotatable bonds is 5. The molecule has 1 amide bonds. The molecular weight excluding hydrogens is 318 g/mol. The van der Waals surface area contributed by atoms with Crippen molar-refractivity contribution in [3.63, 3.8) is 0 Å². The smallest absolute Gasteiger partial charge is 0.387 e. The molecule has 124 valence electrons. The third kappa shape index (κ3) is 5.08. The van der Waals surface area contributed by atoms with Crippen LogP contribution >= 0.6 is 12.4 Å². The predicted molar refractivity (Wildman–Crippen MR) is 79.2 cm³/mol. The number of halogens is 3. The molecular formula is C14H19ClF2N2O3. The van der Waals surface area contributed by atoms with E-state index in [0.29, 0.717) is 19.5 Å². The largest absolute Gasteiger partial charge is 0.435 e. The molecule has 0 saturated carbocycles. The summed E-state index contributed by atoms with van der Waals surface area (Å²) in [6, 6.07) is 5.79. The van der Waals surface area contributed by atoms with Crippen LogP contribution in [0.1, 0.15) is 12.0 Å². The van der Waals surface area contributed by atoms with Gasteiger partial charge in [0.2, 0.25) is 5.91 Å². The minimum absolute atomic E-state index is 0. The van der Waals surface area contributed by atoms with Crippen LogP contribution in [0.25, 0.3) is 0 Å². The molecule has 2 N–H and O–H groups in total. The summed E-state index contributed by atoms with van der Waals surface area (Å²) in [6.07, 6.45) is -0.0808. The Morgan fingerprint density at radius 2 is 2.09 bits per heavy atom. The number of likely N-dealkylation sites (N-methyl/N-ethyl adjacent to an activating group) is 1. The van der Waals surface area contributed by atoms with Gasteiger partial charge in [0.15, 0.2) is 0 Å². The van der Waals surface area contributed by atoms with Crippen LogP contribution in [-0.2, 0) is 11.3 Å². The van der Waals surface area contributed by atoms with Crippen LogP contribution in [0.4, 0.5) is 8.78 Å². The first-order valence-corrected chi connectivity index (χ1v) is 6.66. The second-order valence-electron chi connectivity index (χ2n) is 5.07. The van der Waals surface area contributed by atoms with Crippen molar-refractivity contribution in [1.82, 2.24) is 10.2 Å². The zero-order chi connectivity index (χ0) is 15.4. The minimum atomic E-state index is -2.85. The van der Waals surface area contributed by atoms with E-state index in [2.05, 4.69) is 10.1 Å². The monoisotopic (exact) mass is 336 g/mol. The number of alkyl halides is 2. The molecule has 0 bridgehead atoms. The molecule has 0 radical (unpaired) electrons. The van der Waals surface area contributed by atoms with E-state index in [9.17, 15) is 18.7 Å². The van der Waals surface area contributed by atoms with Gasteiger partial charge in [0.25, 0.3) is 0 Å². The highest BCUT2D eigenvalue weighted by Gasteiger charge is 2.29. The highest BCUT2D eigenvalue weighted by Crippen LogP contribution is 2.16. The fourth-order valence-electron chi connectivity index (χ4n) is 2.30. The number of nitrogens with one attached hydrogen (secondary N) is 1. The highest BCUT2D eigenvalue weighted by molar-refractivity contribution is 5.85. The molecule has 1 fully saturated rings. The molecule has 0 aliphatic carbocycles. The minimum Gasteiger partial charge on any atom is -0.435 e. The zero-order valence-electron chi connectivity index (χ0n) is 12.0. The molecule has 1 aromatic carbocycles. The van der Waals surface area contributed by atoms with Crippen molar-refractivity contribution >= 4 is 18.3 Å². The number of hydrogen-bond donors (Lipinski definition) is 2. The number of hydrogen-bond acceptors (Lipinski definition) is 4. The van der Waals surface area contributed by atoms with Gasteiger partial charge in [0.1, 0.15) is 5.75 Å². The van der Waals surface area contributed by atoms with Gasteiger partial charge in [-0.1, -0.05) is 12.1 Å². The Morgan fingerprint density at radius 1 is 1.45 bits per heavy atom. The van der Waals surface area contributed by atoms with E-state index in [1.807, 2.05) is 0 Å². The third-order valence-electron chi connectivity index (χ3n) is 3.35. The predicted octanol–water partition coefficient (Wildman–Crippen LogP) is 1.39.